The molecular formula is C23H27F3N2O5S. The first-order valence-electron chi connectivity index (χ1n) is 10.7. The molecule has 1 heterocycles. The number of phenolic OH excluding ortho intramolecular Hbond substituents is 1. The summed E-state index contributed by atoms with van der Waals surface area (Å²) in [6.45, 7) is 1.44. The highest BCUT2D eigenvalue weighted by Gasteiger charge is 2.44. The van der Waals surface area contributed by atoms with E-state index in [9.17, 15) is 36.0 Å². The summed E-state index contributed by atoms with van der Waals surface area (Å²) >= 11 is 0. The SMILES string of the molecule is CN(C(=O)Cc1ccc(C(F)(F)F)cc1)[C@@](CN1CCCC1)(CS(=O)(=O)O)c1cccc(O)c1. The van der Waals surface area contributed by atoms with Crippen LogP contribution in [0.5, 0.6) is 5.75 Å². The Morgan fingerprint density at radius 1 is 1.06 bits per heavy atom. The number of halogens is 3. The van der Waals surface area contributed by atoms with Crippen LogP contribution < -0.4 is 0 Å². The third-order valence-corrected chi connectivity index (χ3v) is 6.98. The van der Waals surface area contributed by atoms with E-state index in [2.05, 4.69) is 0 Å². The highest BCUT2D eigenvalue weighted by molar-refractivity contribution is 7.85. The number of carbonyl (C=O) groups excluding carboxylic acids is 1. The summed E-state index contributed by atoms with van der Waals surface area (Å²) in [5.74, 6) is -1.50. The van der Waals surface area contributed by atoms with E-state index in [0.29, 0.717) is 24.2 Å². The van der Waals surface area contributed by atoms with Crippen molar-refractivity contribution in [1.29, 1.82) is 0 Å². The van der Waals surface area contributed by atoms with Crippen molar-refractivity contribution in [3.8, 4) is 5.75 Å². The summed E-state index contributed by atoms with van der Waals surface area (Å²) in [7, 11) is -3.18. The Kier molecular flexibility index (Phi) is 7.59. The smallest absolute Gasteiger partial charge is 0.416 e. The molecule has 2 N–H and O–H groups in total. The molecule has 1 aliphatic rings. The molecule has 0 aromatic heterocycles. The molecule has 3 rings (SSSR count). The largest absolute Gasteiger partial charge is 0.508 e. The van der Waals surface area contributed by atoms with E-state index < -0.39 is 39.1 Å². The molecule has 1 saturated heterocycles. The molecule has 1 aliphatic heterocycles. The number of benzene rings is 2. The van der Waals surface area contributed by atoms with E-state index in [1.807, 2.05) is 4.90 Å². The Morgan fingerprint density at radius 3 is 2.21 bits per heavy atom. The van der Waals surface area contributed by atoms with Crippen molar-refractivity contribution in [2.24, 2.45) is 0 Å². The molecule has 11 heteroatoms. The molecular weight excluding hydrogens is 473 g/mol. The summed E-state index contributed by atoms with van der Waals surface area (Å²) in [6, 6.07) is 10.0. The highest BCUT2D eigenvalue weighted by Crippen LogP contribution is 2.34. The topological polar surface area (TPSA) is 98.2 Å². The monoisotopic (exact) mass is 500 g/mol. The van der Waals surface area contributed by atoms with Crippen LogP contribution in [0.1, 0.15) is 29.5 Å². The van der Waals surface area contributed by atoms with Crippen LogP contribution in [0.3, 0.4) is 0 Å². The summed E-state index contributed by atoms with van der Waals surface area (Å²) in [5, 5.41) is 10.1. The van der Waals surface area contributed by atoms with Crippen LogP contribution >= 0.6 is 0 Å². The molecule has 34 heavy (non-hydrogen) atoms. The van der Waals surface area contributed by atoms with Crippen molar-refractivity contribution >= 4 is 16.0 Å². The lowest BCUT2D eigenvalue weighted by Gasteiger charge is -2.44. The van der Waals surface area contributed by atoms with Gasteiger partial charge in [0.05, 0.1) is 17.5 Å². The van der Waals surface area contributed by atoms with E-state index in [1.54, 1.807) is 6.07 Å². The van der Waals surface area contributed by atoms with Crippen molar-refractivity contribution in [2.45, 2.75) is 31.0 Å². The van der Waals surface area contributed by atoms with Crippen LogP contribution in [0, 0.1) is 0 Å². The van der Waals surface area contributed by atoms with Gasteiger partial charge in [0.15, 0.2) is 0 Å². The van der Waals surface area contributed by atoms with Gasteiger partial charge in [0.1, 0.15) is 11.5 Å². The average Bonchev–Trinajstić information content (AvgIpc) is 3.24. The molecule has 0 saturated carbocycles. The third-order valence-electron chi connectivity index (χ3n) is 6.14. The number of carbonyl (C=O) groups is 1. The zero-order valence-electron chi connectivity index (χ0n) is 18.6. The van der Waals surface area contributed by atoms with Gasteiger partial charge in [-0.3, -0.25) is 9.35 Å². The number of phenols is 1. The second kappa shape index (κ2) is 9.93. The Bertz CT molecular complexity index is 1120. The molecule has 1 amide bonds. The Balaban J connectivity index is 2.00. The first-order valence-corrected chi connectivity index (χ1v) is 12.3. The van der Waals surface area contributed by atoms with E-state index >= 15 is 0 Å². The van der Waals surface area contributed by atoms with E-state index in [-0.39, 0.29) is 18.7 Å². The van der Waals surface area contributed by atoms with Crippen LogP contribution in [-0.4, -0.2) is 66.2 Å². The molecule has 1 fully saturated rings. The number of likely N-dealkylation sites (tertiary alicyclic amines) is 1. The zero-order chi connectivity index (χ0) is 25.1. The molecule has 0 bridgehead atoms. The minimum absolute atomic E-state index is 0.0888. The molecule has 186 valence electrons. The van der Waals surface area contributed by atoms with Crippen LogP contribution in [-0.2, 0) is 33.0 Å². The third kappa shape index (κ3) is 6.28. The Labute approximate surface area is 196 Å². The summed E-state index contributed by atoms with van der Waals surface area (Å²) < 4.78 is 72.7. The van der Waals surface area contributed by atoms with Gasteiger partial charge in [-0.1, -0.05) is 24.3 Å². The van der Waals surface area contributed by atoms with Gasteiger partial charge in [0, 0.05) is 13.6 Å². The molecule has 0 aliphatic carbocycles. The summed E-state index contributed by atoms with van der Waals surface area (Å²) in [5.41, 5.74) is -1.74. The van der Waals surface area contributed by atoms with Gasteiger partial charge in [0.25, 0.3) is 10.1 Å². The van der Waals surface area contributed by atoms with Gasteiger partial charge in [-0.25, -0.2) is 0 Å². The number of aromatic hydroxyl groups is 1. The van der Waals surface area contributed by atoms with Gasteiger partial charge in [0.2, 0.25) is 5.91 Å². The number of hydrogen-bond acceptors (Lipinski definition) is 5. The maximum Gasteiger partial charge on any atom is 0.416 e. The van der Waals surface area contributed by atoms with Crippen molar-refractivity contribution in [2.75, 3.05) is 32.4 Å². The van der Waals surface area contributed by atoms with Gasteiger partial charge in [-0.2, -0.15) is 21.6 Å². The minimum atomic E-state index is -4.58. The molecule has 0 spiro atoms. The maximum absolute atomic E-state index is 13.3. The van der Waals surface area contributed by atoms with Gasteiger partial charge in [-0.05, 0) is 61.3 Å². The normalized spacial score (nSPS) is 16.9. The van der Waals surface area contributed by atoms with Gasteiger partial charge < -0.3 is 14.9 Å². The predicted molar refractivity (Wildman–Crippen MR) is 120 cm³/mol. The van der Waals surface area contributed by atoms with Crippen molar-refractivity contribution < 1.29 is 36.0 Å². The lowest BCUT2D eigenvalue weighted by atomic mass is 9.88. The number of alkyl halides is 3. The fourth-order valence-electron chi connectivity index (χ4n) is 4.37. The van der Waals surface area contributed by atoms with E-state index in [0.717, 1.165) is 25.0 Å². The lowest BCUT2D eigenvalue weighted by Crippen LogP contribution is -2.57. The standard InChI is InChI=1S/C23H27F3N2O5S/c1-27(21(30)13-17-7-9-18(10-8-17)23(24,25)26)22(16-34(31,32)33,15-28-11-2-3-12-28)19-5-4-6-20(29)14-19/h4-10,14,29H,2-3,11-13,15-16H2,1H3,(H,31,32,33)/t22-/m0/s1. The second-order valence-corrected chi connectivity index (χ2v) is 10.1. The quantitative estimate of drug-likeness (QED) is 0.540. The molecule has 1 atom stereocenters. The van der Waals surface area contributed by atoms with Crippen molar-refractivity contribution in [3.05, 3.63) is 65.2 Å². The first-order chi connectivity index (χ1) is 15.8. The van der Waals surface area contributed by atoms with E-state index in [1.165, 1.54) is 42.3 Å². The van der Waals surface area contributed by atoms with Crippen LogP contribution in [0.25, 0.3) is 0 Å². The van der Waals surface area contributed by atoms with Crippen LogP contribution in [0.2, 0.25) is 0 Å². The number of hydrogen-bond donors (Lipinski definition) is 2. The van der Waals surface area contributed by atoms with Crippen LogP contribution in [0.4, 0.5) is 13.2 Å². The van der Waals surface area contributed by atoms with Gasteiger partial charge >= 0.3 is 6.18 Å². The van der Waals surface area contributed by atoms with Crippen molar-refractivity contribution in [3.63, 3.8) is 0 Å². The first kappa shape index (κ1) is 26.0. The summed E-state index contributed by atoms with van der Waals surface area (Å²) in [6.07, 6.45) is -2.99. The zero-order valence-corrected chi connectivity index (χ0v) is 19.4. The van der Waals surface area contributed by atoms with E-state index in [4.69, 9.17) is 0 Å². The molecule has 0 unspecified atom stereocenters. The maximum atomic E-state index is 13.3. The molecule has 0 radical (unpaired) electrons. The van der Waals surface area contributed by atoms with Gasteiger partial charge in [-0.15, -0.1) is 0 Å². The fraction of sp³-hybridized carbons (Fsp3) is 0.435. The van der Waals surface area contributed by atoms with Crippen LogP contribution in [0.15, 0.2) is 48.5 Å². The molecule has 2 aromatic carbocycles. The number of likely N-dealkylation sites (N-methyl/N-ethyl adjacent to an activating group) is 1. The predicted octanol–water partition coefficient (Wildman–Crippen LogP) is 3.29. The fourth-order valence-corrected chi connectivity index (χ4v) is 5.42. The lowest BCUT2D eigenvalue weighted by molar-refractivity contribution is -0.137. The Morgan fingerprint density at radius 2 is 1.68 bits per heavy atom. The number of nitrogens with zero attached hydrogens (tertiary/aromatic N) is 2. The second-order valence-electron chi connectivity index (χ2n) is 8.62. The molecule has 2 aromatic rings. The summed E-state index contributed by atoms with van der Waals surface area (Å²) in [4.78, 5) is 16.5. The highest BCUT2D eigenvalue weighted by atomic mass is 32.2. The number of amides is 1. The minimum Gasteiger partial charge on any atom is -0.508 e. The number of rotatable bonds is 8. The van der Waals surface area contributed by atoms with Crippen molar-refractivity contribution in [1.82, 2.24) is 9.80 Å². The Hall–Kier alpha value is -2.63. The average molecular weight is 501 g/mol. The molecule has 7 nitrogen and oxygen atoms in total.